The molecule has 140 valence electrons. The van der Waals surface area contributed by atoms with Crippen LogP contribution in [-0.4, -0.2) is 43.1 Å². The van der Waals surface area contributed by atoms with Gasteiger partial charge in [0.25, 0.3) is 0 Å². The van der Waals surface area contributed by atoms with Crippen LogP contribution in [-0.2, 0) is 17.8 Å². The molecule has 0 saturated carbocycles. The summed E-state index contributed by atoms with van der Waals surface area (Å²) in [6, 6.07) is 12.1. The summed E-state index contributed by atoms with van der Waals surface area (Å²) in [7, 11) is 1.71. The van der Waals surface area contributed by atoms with Crippen LogP contribution in [0.2, 0.25) is 0 Å². The second kappa shape index (κ2) is 10.2. The number of aromatic nitrogens is 1. The average molecular weight is 467 g/mol. The minimum Gasteiger partial charge on any atom is -0.355 e. The summed E-state index contributed by atoms with van der Waals surface area (Å²) in [4.78, 5) is 18.7. The van der Waals surface area contributed by atoms with Crippen molar-refractivity contribution in [1.82, 2.24) is 15.2 Å². The Morgan fingerprint density at radius 2 is 1.92 bits per heavy atom. The van der Waals surface area contributed by atoms with E-state index in [9.17, 15) is 4.79 Å². The summed E-state index contributed by atoms with van der Waals surface area (Å²) < 4.78 is 2.09. The fourth-order valence-electron chi connectivity index (χ4n) is 3.09. The van der Waals surface area contributed by atoms with E-state index in [1.54, 1.807) is 7.05 Å². The van der Waals surface area contributed by atoms with Crippen LogP contribution in [0.1, 0.15) is 12.0 Å². The van der Waals surface area contributed by atoms with Gasteiger partial charge in [0.05, 0.1) is 6.54 Å². The maximum Gasteiger partial charge on any atom is 0.246 e. The van der Waals surface area contributed by atoms with Gasteiger partial charge in [0, 0.05) is 44.8 Å². The number of aliphatic imine (C=N–C) groups is 1. The zero-order valence-corrected chi connectivity index (χ0v) is 17.3. The molecular formula is C19H26IN5O. The predicted octanol–water partition coefficient (Wildman–Crippen LogP) is 2.25. The molecule has 0 unspecified atom stereocenters. The molecule has 7 heteroatoms. The number of nitrogens with one attached hydrogen (secondary N) is 2. The van der Waals surface area contributed by atoms with Crippen LogP contribution in [0.4, 0.5) is 5.69 Å². The van der Waals surface area contributed by atoms with Crippen LogP contribution in [0, 0.1) is 0 Å². The molecule has 3 rings (SSSR count). The highest BCUT2D eigenvalue weighted by Crippen LogP contribution is 2.26. The number of rotatable bonds is 5. The number of para-hydroxylation sites is 1. The number of aryl methyl sites for hydroxylation is 1. The fourth-order valence-corrected chi connectivity index (χ4v) is 3.09. The molecule has 1 aromatic carbocycles. The van der Waals surface area contributed by atoms with Gasteiger partial charge in [-0.1, -0.05) is 18.2 Å². The summed E-state index contributed by atoms with van der Waals surface area (Å²) in [5.41, 5.74) is 2.28. The average Bonchev–Trinajstić information content (AvgIpc) is 3.17. The molecule has 0 radical (unpaired) electrons. The van der Waals surface area contributed by atoms with E-state index in [1.165, 1.54) is 5.56 Å². The molecule has 26 heavy (non-hydrogen) atoms. The third-order valence-corrected chi connectivity index (χ3v) is 4.37. The molecule has 0 saturated heterocycles. The van der Waals surface area contributed by atoms with E-state index >= 15 is 0 Å². The summed E-state index contributed by atoms with van der Waals surface area (Å²) in [6.45, 7) is 2.60. The van der Waals surface area contributed by atoms with Crippen molar-refractivity contribution in [2.75, 3.05) is 31.6 Å². The summed E-state index contributed by atoms with van der Waals surface area (Å²) in [5.74, 6) is 0.714. The molecule has 2 heterocycles. The molecule has 1 aromatic heterocycles. The topological polar surface area (TPSA) is 61.7 Å². The van der Waals surface area contributed by atoms with Crippen LogP contribution < -0.4 is 15.5 Å². The number of hydrogen-bond donors (Lipinski definition) is 2. The number of carbonyl (C=O) groups is 1. The number of anilines is 1. The highest BCUT2D eigenvalue weighted by molar-refractivity contribution is 14.0. The van der Waals surface area contributed by atoms with Crippen molar-refractivity contribution in [3.05, 3.63) is 54.4 Å². The number of nitrogens with zero attached hydrogens (tertiary/aromatic N) is 3. The Labute approximate surface area is 171 Å². The normalized spacial score (nSPS) is 13.6. The predicted molar refractivity (Wildman–Crippen MR) is 116 cm³/mol. The van der Waals surface area contributed by atoms with Gasteiger partial charge in [-0.15, -0.1) is 24.0 Å². The Hall–Kier alpha value is -2.03. The lowest BCUT2D eigenvalue weighted by atomic mass is 10.0. The maximum absolute atomic E-state index is 12.6. The van der Waals surface area contributed by atoms with Crippen molar-refractivity contribution in [2.45, 2.75) is 19.4 Å². The molecule has 0 atom stereocenters. The summed E-state index contributed by atoms with van der Waals surface area (Å²) in [5, 5.41) is 6.35. The van der Waals surface area contributed by atoms with Crippen molar-refractivity contribution < 1.29 is 4.79 Å². The lowest BCUT2D eigenvalue weighted by Crippen LogP contribution is -2.46. The third-order valence-electron chi connectivity index (χ3n) is 4.37. The van der Waals surface area contributed by atoms with Gasteiger partial charge in [-0.05, 0) is 36.6 Å². The van der Waals surface area contributed by atoms with Gasteiger partial charge >= 0.3 is 0 Å². The van der Waals surface area contributed by atoms with Gasteiger partial charge in [-0.3, -0.25) is 9.79 Å². The molecule has 0 fully saturated rings. The molecular weight excluding hydrogens is 441 g/mol. The molecule has 1 aliphatic heterocycles. The molecule has 6 nitrogen and oxygen atoms in total. The molecule has 0 aliphatic carbocycles. The van der Waals surface area contributed by atoms with Crippen molar-refractivity contribution in [2.24, 2.45) is 4.99 Å². The zero-order valence-electron chi connectivity index (χ0n) is 15.0. The minimum absolute atomic E-state index is 0. The van der Waals surface area contributed by atoms with E-state index in [2.05, 4.69) is 26.3 Å². The Kier molecular flexibility index (Phi) is 7.96. The second-order valence-electron chi connectivity index (χ2n) is 6.05. The largest absolute Gasteiger partial charge is 0.355 e. The lowest BCUT2D eigenvalue weighted by Gasteiger charge is -2.29. The van der Waals surface area contributed by atoms with Gasteiger partial charge in [0.15, 0.2) is 5.96 Å². The van der Waals surface area contributed by atoms with Crippen molar-refractivity contribution in [1.29, 1.82) is 0 Å². The van der Waals surface area contributed by atoms with Gasteiger partial charge < -0.3 is 20.1 Å². The SMILES string of the molecule is CN=C(NCCn1cccc1)NCC(=O)N1CCCc2ccccc21.I. The number of halogens is 1. The first kappa shape index (κ1) is 20.3. The Morgan fingerprint density at radius 3 is 2.69 bits per heavy atom. The molecule has 1 amide bonds. The Morgan fingerprint density at radius 1 is 1.15 bits per heavy atom. The molecule has 2 aromatic rings. The van der Waals surface area contributed by atoms with E-state index in [4.69, 9.17) is 0 Å². The van der Waals surface area contributed by atoms with Gasteiger partial charge in [0.1, 0.15) is 0 Å². The number of carbonyl (C=O) groups excluding carboxylic acids is 1. The lowest BCUT2D eigenvalue weighted by molar-refractivity contribution is -0.117. The van der Waals surface area contributed by atoms with Crippen LogP contribution in [0.15, 0.2) is 53.8 Å². The third kappa shape index (κ3) is 5.23. The van der Waals surface area contributed by atoms with Crippen molar-refractivity contribution in [3.8, 4) is 0 Å². The van der Waals surface area contributed by atoms with Gasteiger partial charge in [-0.25, -0.2) is 0 Å². The van der Waals surface area contributed by atoms with Crippen LogP contribution in [0.25, 0.3) is 0 Å². The number of hydrogen-bond acceptors (Lipinski definition) is 2. The van der Waals surface area contributed by atoms with E-state index in [1.807, 2.05) is 47.6 Å². The maximum atomic E-state index is 12.6. The number of amides is 1. The Bertz CT molecular complexity index is 729. The first-order valence-corrected chi connectivity index (χ1v) is 8.71. The van der Waals surface area contributed by atoms with E-state index in [0.717, 1.165) is 38.2 Å². The fraction of sp³-hybridized carbons (Fsp3) is 0.368. The molecule has 1 aliphatic rings. The zero-order chi connectivity index (χ0) is 17.5. The van der Waals surface area contributed by atoms with Crippen molar-refractivity contribution in [3.63, 3.8) is 0 Å². The smallest absolute Gasteiger partial charge is 0.246 e. The van der Waals surface area contributed by atoms with Crippen LogP contribution >= 0.6 is 24.0 Å². The summed E-state index contributed by atoms with van der Waals surface area (Å²) >= 11 is 0. The van der Waals surface area contributed by atoms with Gasteiger partial charge in [-0.2, -0.15) is 0 Å². The second-order valence-corrected chi connectivity index (χ2v) is 6.05. The van der Waals surface area contributed by atoms with E-state index in [0.29, 0.717) is 5.96 Å². The highest BCUT2D eigenvalue weighted by Gasteiger charge is 2.21. The van der Waals surface area contributed by atoms with Crippen LogP contribution in [0.5, 0.6) is 0 Å². The first-order valence-electron chi connectivity index (χ1n) is 8.71. The van der Waals surface area contributed by atoms with E-state index < -0.39 is 0 Å². The number of fused-ring (bicyclic) bond motifs is 1. The number of benzene rings is 1. The molecule has 0 bridgehead atoms. The quantitative estimate of drug-likeness (QED) is 0.403. The summed E-state index contributed by atoms with van der Waals surface area (Å²) in [6.07, 6.45) is 6.09. The minimum atomic E-state index is 0. The first-order chi connectivity index (χ1) is 12.3. The molecule has 2 N–H and O–H groups in total. The standard InChI is InChI=1S/C19H25N5O.HI/c1-20-19(21-10-14-23-11-4-5-12-23)22-15-18(25)24-13-6-8-16-7-2-3-9-17(16)24;/h2-5,7,9,11-12H,6,8,10,13-15H2,1H3,(H2,20,21,22);1H. The monoisotopic (exact) mass is 467 g/mol. The molecule has 0 spiro atoms. The van der Waals surface area contributed by atoms with Gasteiger partial charge in [0.2, 0.25) is 5.91 Å². The number of guanidine groups is 1. The Balaban J connectivity index is 0.00000243. The van der Waals surface area contributed by atoms with Crippen molar-refractivity contribution >= 4 is 41.5 Å². The van der Waals surface area contributed by atoms with Crippen LogP contribution in [0.3, 0.4) is 0 Å². The highest BCUT2D eigenvalue weighted by atomic mass is 127. The van der Waals surface area contributed by atoms with E-state index in [-0.39, 0.29) is 36.4 Å².